The number of hydrogen-bond donors (Lipinski definition) is 2. The normalized spacial score (nSPS) is 10.4. The molecule has 6 heteroatoms. The van der Waals surface area contributed by atoms with Crippen LogP contribution in [0.3, 0.4) is 0 Å². The van der Waals surface area contributed by atoms with E-state index in [4.69, 9.17) is 28.9 Å². The second kappa shape index (κ2) is 5.50. The van der Waals surface area contributed by atoms with E-state index in [1.54, 1.807) is 6.07 Å². The molecule has 2 aromatic rings. The van der Waals surface area contributed by atoms with E-state index in [1.807, 2.05) is 18.2 Å². The minimum Gasteiger partial charge on any atom is -0.382 e. The molecule has 0 unspecified atom stereocenters. The lowest BCUT2D eigenvalue weighted by Gasteiger charge is -2.10. The summed E-state index contributed by atoms with van der Waals surface area (Å²) in [4.78, 5) is 4.12. The first-order valence-electron chi connectivity index (χ1n) is 5.12. The van der Waals surface area contributed by atoms with E-state index in [2.05, 4.69) is 39.8 Å². The predicted molar refractivity (Wildman–Crippen MR) is 85.8 cm³/mol. The van der Waals surface area contributed by atoms with Crippen LogP contribution in [0.2, 0.25) is 10.0 Å². The van der Waals surface area contributed by atoms with Crippen molar-refractivity contribution in [3.05, 3.63) is 43.4 Å². The summed E-state index contributed by atoms with van der Waals surface area (Å²) in [6.45, 7) is 2.05. The average molecular weight is 394 g/mol. The van der Waals surface area contributed by atoms with Gasteiger partial charge in [-0.25, -0.2) is 4.98 Å². The fourth-order valence-corrected chi connectivity index (χ4v) is 2.30. The molecule has 1 aromatic heterocycles. The van der Waals surface area contributed by atoms with Gasteiger partial charge in [0.15, 0.2) is 5.82 Å². The van der Waals surface area contributed by atoms with Crippen LogP contribution in [0.25, 0.3) is 0 Å². The number of nitrogens with zero attached hydrogens (tertiary/aromatic N) is 1. The Kier molecular flexibility index (Phi) is 4.19. The second-order valence-corrected chi connectivity index (χ2v) is 5.75. The lowest BCUT2D eigenvalue weighted by molar-refractivity contribution is 1.31. The van der Waals surface area contributed by atoms with Gasteiger partial charge in [0.25, 0.3) is 0 Å². The molecule has 18 heavy (non-hydrogen) atoms. The zero-order chi connectivity index (χ0) is 13.3. The van der Waals surface area contributed by atoms with Gasteiger partial charge in [0, 0.05) is 9.26 Å². The first-order chi connectivity index (χ1) is 8.47. The standard InChI is InChI=1S/C12H10Cl2IN3/c1-6-2-3-7(4-10(6)15)17-12-9(14)5-8(13)11(16)18-12/h2-5H,1H3,(H3,16,17,18). The molecular weight excluding hydrogens is 384 g/mol. The Labute approximate surface area is 129 Å². The number of hydrogen-bond acceptors (Lipinski definition) is 3. The van der Waals surface area contributed by atoms with E-state index in [0.29, 0.717) is 15.9 Å². The second-order valence-electron chi connectivity index (χ2n) is 3.77. The monoisotopic (exact) mass is 393 g/mol. The summed E-state index contributed by atoms with van der Waals surface area (Å²) in [5.41, 5.74) is 7.78. The van der Waals surface area contributed by atoms with Crippen molar-refractivity contribution in [1.29, 1.82) is 0 Å². The van der Waals surface area contributed by atoms with Gasteiger partial charge in [0.1, 0.15) is 5.82 Å². The highest BCUT2D eigenvalue weighted by Gasteiger charge is 2.07. The Morgan fingerprint density at radius 3 is 2.61 bits per heavy atom. The van der Waals surface area contributed by atoms with Crippen LogP contribution in [0.5, 0.6) is 0 Å². The number of anilines is 3. The van der Waals surface area contributed by atoms with Crippen molar-refractivity contribution in [2.75, 3.05) is 11.1 Å². The zero-order valence-electron chi connectivity index (χ0n) is 9.47. The third-order valence-corrected chi connectivity index (χ3v) is 4.14. The van der Waals surface area contributed by atoms with Crippen LogP contribution in [0.15, 0.2) is 24.3 Å². The van der Waals surface area contributed by atoms with Crippen molar-refractivity contribution in [3.63, 3.8) is 0 Å². The molecule has 0 radical (unpaired) electrons. The molecule has 0 aliphatic rings. The maximum Gasteiger partial charge on any atom is 0.151 e. The van der Waals surface area contributed by atoms with Crippen molar-refractivity contribution >= 4 is 63.1 Å². The summed E-state index contributed by atoms with van der Waals surface area (Å²) in [5.74, 6) is 0.753. The maximum atomic E-state index is 6.06. The lowest BCUT2D eigenvalue weighted by atomic mass is 10.2. The molecule has 1 heterocycles. The number of aromatic nitrogens is 1. The van der Waals surface area contributed by atoms with Crippen molar-refractivity contribution < 1.29 is 0 Å². The number of nitrogens with one attached hydrogen (secondary N) is 1. The Morgan fingerprint density at radius 2 is 1.94 bits per heavy atom. The molecular formula is C12H10Cl2IN3. The van der Waals surface area contributed by atoms with Gasteiger partial charge >= 0.3 is 0 Å². The molecule has 1 aromatic carbocycles. The first-order valence-corrected chi connectivity index (χ1v) is 6.95. The van der Waals surface area contributed by atoms with Gasteiger partial charge < -0.3 is 11.1 Å². The Morgan fingerprint density at radius 1 is 1.22 bits per heavy atom. The van der Waals surface area contributed by atoms with Crippen molar-refractivity contribution in [2.24, 2.45) is 0 Å². The Balaban J connectivity index is 2.34. The number of rotatable bonds is 2. The Bertz CT molecular complexity index is 602. The fourth-order valence-electron chi connectivity index (χ4n) is 1.38. The highest BCUT2D eigenvalue weighted by atomic mass is 127. The van der Waals surface area contributed by atoms with E-state index >= 15 is 0 Å². The molecule has 0 fully saturated rings. The molecule has 3 N–H and O–H groups in total. The van der Waals surface area contributed by atoms with Crippen LogP contribution in [-0.4, -0.2) is 4.98 Å². The minimum atomic E-state index is 0.255. The minimum absolute atomic E-state index is 0.255. The predicted octanol–water partition coefficient (Wildman–Crippen LogP) is 4.63. The summed E-state index contributed by atoms with van der Waals surface area (Å²) in [6.07, 6.45) is 0. The van der Waals surface area contributed by atoms with Gasteiger partial charge in [-0.15, -0.1) is 0 Å². The van der Waals surface area contributed by atoms with Crippen LogP contribution in [0.1, 0.15) is 5.56 Å². The third-order valence-electron chi connectivity index (χ3n) is 2.39. The molecule has 0 saturated carbocycles. The van der Waals surface area contributed by atoms with Gasteiger partial charge in [-0.05, 0) is 53.3 Å². The average Bonchev–Trinajstić information content (AvgIpc) is 2.31. The van der Waals surface area contributed by atoms with Crippen molar-refractivity contribution in [3.8, 4) is 0 Å². The maximum absolute atomic E-state index is 6.06. The molecule has 0 amide bonds. The third kappa shape index (κ3) is 2.99. The first kappa shape index (κ1) is 13.7. The van der Waals surface area contributed by atoms with Crippen LogP contribution < -0.4 is 11.1 Å². The Hall–Kier alpha value is -0.720. The van der Waals surface area contributed by atoms with Crippen LogP contribution in [-0.2, 0) is 0 Å². The van der Waals surface area contributed by atoms with Gasteiger partial charge in [-0.2, -0.15) is 0 Å². The largest absolute Gasteiger partial charge is 0.382 e. The summed E-state index contributed by atoms with van der Waals surface area (Å²) >= 11 is 14.2. The molecule has 0 bridgehead atoms. The number of halogens is 3. The van der Waals surface area contributed by atoms with Crippen LogP contribution in [0.4, 0.5) is 17.3 Å². The van der Waals surface area contributed by atoms with E-state index in [0.717, 1.165) is 9.26 Å². The SMILES string of the molecule is Cc1ccc(Nc2nc(N)c(Cl)cc2Cl)cc1I. The molecule has 3 nitrogen and oxygen atoms in total. The number of nitrogen functional groups attached to an aromatic ring is 1. The number of pyridine rings is 1. The lowest BCUT2D eigenvalue weighted by Crippen LogP contribution is -1.99. The van der Waals surface area contributed by atoms with E-state index in [-0.39, 0.29) is 5.82 Å². The van der Waals surface area contributed by atoms with Crippen molar-refractivity contribution in [1.82, 2.24) is 4.98 Å². The fraction of sp³-hybridized carbons (Fsp3) is 0.0833. The summed E-state index contributed by atoms with van der Waals surface area (Å²) < 4.78 is 1.16. The molecule has 94 valence electrons. The summed E-state index contributed by atoms with van der Waals surface area (Å²) in [7, 11) is 0. The molecule has 0 spiro atoms. The van der Waals surface area contributed by atoms with Crippen molar-refractivity contribution in [2.45, 2.75) is 6.92 Å². The highest BCUT2D eigenvalue weighted by molar-refractivity contribution is 14.1. The van der Waals surface area contributed by atoms with Gasteiger partial charge in [-0.1, -0.05) is 29.3 Å². The highest BCUT2D eigenvalue weighted by Crippen LogP contribution is 2.30. The number of nitrogens with two attached hydrogens (primary N) is 1. The van der Waals surface area contributed by atoms with E-state index in [1.165, 1.54) is 5.56 Å². The van der Waals surface area contributed by atoms with E-state index < -0.39 is 0 Å². The topological polar surface area (TPSA) is 50.9 Å². The summed E-state index contributed by atoms with van der Waals surface area (Å²) in [5, 5.41) is 3.91. The van der Waals surface area contributed by atoms with Gasteiger partial charge in [0.05, 0.1) is 10.0 Å². The number of aryl methyl sites for hydroxylation is 1. The molecule has 0 atom stereocenters. The number of benzene rings is 1. The quantitative estimate of drug-likeness (QED) is 0.731. The van der Waals surface area contributed by atoms with Crippen LogP contribution in [0, 0.1) is 10.5 Å². The van der Waals surface area contributed by atoms with E-state index in [9.17, 15) is 0 Å². The molecule has 0 aliphatic carbocycles. The smallest absolute Gasteiger partial charge is 0.151 e. The van der Waals surface area contributed by atoms with Gasteiger partial charge in [0.2, 0.25) is 0 Å². The molecule has 0 saturated heterocycles. The summed E-state index contributed by atoms with van der Waals surface area (Å²) in [6, 6.07) is 7.57. The zero-order valence-corrected chi connectivity index (χ0v) is 13.1. The van der Waals surface area contributed by atoms with Gasteiger partial charge in [-0.3, -0.25) is 0 Å². The molecule has 2 rings (SSSR count). The van der Waals surface area contributed by atoms with Crippen LogP contribution >= 0.6 is 45.8 Å². The molecule has 0 aliphatic heterocycles.